The Labute approximate surface area is 113 Å². The van der Waals surface area contributed by atoms with Gasteiger partial charge in [-0.2, -0.15) is 0 Å². The first-order valence-electron chi connectivity index (χ1n) is 5.53. The normalized spacial score (nSPS) is 10.8. The second-order valence-electron chi connectivity index (χ2n) is 3.63. The summed E-state index contributed by atoms with van der Waals surface area (Å²) < 4.78 is 7.63. The van der Waals surface area contributed by atoms with Crippen molar-refractivity contribution >= 4 is 39.3 Å². The highest BCUT2D eigenvalue weighted by Gasteiger charge is 2.10. The van der Waals surface area contributed by atoms with Gasteiger partial charge in [0, 0.05) is 4.90 Å². The van der Waals surface area contributed by atoms with Crippen molar-refractivity contribution in [3.05, 3.63) is 23.0 Å². The molecule has 4 nitrogen and oxygen atoms in total. The Hall–Kier alpha value is -1.27. The molecular formula is C12H14N2O2S2. The van der Waals surface area contributed by atoms with E-state index in [4.69, 9.17) is 10.1 Å². The van der Waals surface area contributed by atoms with Crippen molar-refractivity contribution in [3.63, 3.8) is 0 Å². The van der Waals surface area contributed by atoms with Crippen LogP contribution < -0.4 is 4.80 Å². The number of aromatic nitrogens is 1. The number of ether oxygens (including phenoxy) is 1. The maximum Gasteiger partial charge on any atom is 0.326 e. The van der Waals surface area contributed by atoms with E-state index >= 15 is 0 Å². The number of carbonyl (C=O) groups excluding carboxylic acids is 1. The summed E-state index contributed by atoms with van der Waals surface area (Å²) in [4.78, 5) is 13.0. The zero-order chi connectivity index (χ0) is 13.1. The van der Waals surface area contributed by atoms with Crippen molar-refractivity contribution in [1.82, 2.24) is 4.57 Å². The Morgan fingerprint density at radius 1 is 1.56 bits per heavy atom. The van der Waals surface area contributed by atoms with Crippen molar-refractivity contribution in [2.75, 3.05) is 12.9 Å². The Morgan fingerprint density at radius 3 is 3.00 bits per heavy atom. The van der Waals surface area contributed by atoms with Gasteiger partial charge in [0.25, 0.3) is 0 Å². The van der Waals surface area contributed by atoms with Gasteiger partial charge in [-0.1, -0.05) is 11.3 Å². The molecule has 0 aliphatic carbocycles. The first-order valence-corrected chi connectivity index (χ1v) is 7.57. The van der Waals surface area contributed by atoms with E-state index in [1.807, 2.05) is 24.5 Å². The zero-order valence-corrected chi connectivity index (χ0v) is 11.9. The molecule has 0 bridgehead atoms. The summed E-state index contributed by atoms with van der Waals surface area (Å²) >= 11 is 3.04. The fraction of sp³-hybridized carbons (Fsp3) is 0.333. The summed E-state index contributed by atoms with van der Waals surface area (Å²) in [7, 11) is 0. The molecule has 0 fully saturated rings. The number of hydrogen-bond acceptors (Lipinski definition) is 5. The van der Waals surface area contributed by atoms with Crippen LogP contribution in [0.2, 0.25) is 0 Å². The maximum absolute atomic E-state index is 11.5. The average Bonchev–Trinajstić information content (AvgIpc) is 2.65. The molecule has 1 aromatic carbocycles. The van der Waals surface area contributed by atoms with Crippen LogP contribution >= 0.6 is 23.1 Å². The van der Waals surface area contributed by atoms with Gasteiger partial charge in [0.15, 0.2) is 4.80 Å². The molecule has 0 atom stereocenters. The molecule has 0 spiro atoms. The van der Waals surface area contributed by atoms with E-state index in [9.17, 15) is 4.79 Å². The number of esters is 1. The Morgan fingerprint density at radius 2 is 2.33 bits per heavy atom. The van der Waals surface area contributed by atoms with Crippen LogP contribution in [0.5, 0.6) is 0 Å². The van der Waals surface area contributed by atoms with Crippen molar-refractivity contribution in [3.8, 4) is 0 Å². The molecule has 1 aromatic heterocycles. The number of hydrogen-bond donors (Lipinski definition) is 1. The number of nitrogens with one attached hydrogen (secondary N) is 1. The van der Waals surface area contributed by atoms with Gasteiger partial charge in [-0.3, -0.25) is 10.2 Å². The molecule has 0 aliphatic heterocycles. The summed E-state index contributed by atoms with van der Waals surface area (Å²) in [6.07, 6.45) is 2.02. The predicted octanol–water partition coefficient (Wildman–Crippen LogP) is 2.47. The zero-order valence-electron chi connectivity index (χ0n) is 10.2. The van der Waals surface area contributed by atoms with E-state index in [-0.39, 0.29) is 12.5 Å². The van der Waals surface area contributed by atoms with Crippen molar-refractivity contribution in [1.29, 1.82) is 5.41 Å². The largest absolute Gasteiger partial charge is 0.465 e. The van der Waals surface area contributed by atoms with Crippen LogP contribution in [0.15, 0.2) is 23.1 Å². The second kappa shape index (κ2) is 5.58. The molecule has 0 unspecified atom stereocenters. The first kappa shape index (κ1) is 13.2. The van der Waals surface area contributed by atoms with Crippen LogP contribution in [0.4, 0.5) is 0 Å². The molecule has 0 radical (unpaired) electrons. The topological polar surface area (TPSA) is 55.1 Å². The van der Waals surface area contributed by atoms with Gasteiger partial charge in [0.05, 0.1) is 16.8 Å². The number of benzene rings is 1. The van der Waals surface area contributed by atoms with Crippen molar-refractivity contribution < 1.29 is 9.53 Å². The number of carbonyl (C=O) groups is 1. The lowest BCUT2D eigenvalue weighted by Gasteiger charge is -2.04. The van der Waals surface area contributed by atoms with Gasteiger partial charge in [-0.15, -0.1) is 11.8 Å². The molecule has 1 N–H and O–H groups in total. The van der Waals surface area contributed by atoms with E-state index in [2.05, 4.69) is 0 Å². The molecule has 1 heterocycles. The van der Waals surface area contributed by atoms with Crippen LogP contribution in [0, 0.1) is 5.41 Å². The molecule has 2 aromatic rings. The lowest BCUT2D eigenvalue weighted by atomic mass is 10.3. The fourth-order valence-electron chi connectivity index (χ4n) is 1.69. The molecule has 0 saturated carbocycles. The minimum atomic E-state index is -0.301. The van der Waals surface area contributed by atoms with Crippen LogP contribution in [0.25, 0.3) is 10.2 Å². The molecule has 0 saturated heterocycles. The third kappa shape index (κ3) is 2.59. The summed E-state index contributed by atoms with van der Waals surface area (Å²) in [5, 5.41) is 7.92. The summed E-state index contributed by atoms with van der Waals surface area (Å²) in [6.45, 7) is 2.25. The maximum atomic E-state index is 11.5. The third-order valence-electron chi connectivity index (χ3n) is 2.50. The monoisotopic (exact) mass is 282 g/mol. The standard InChI is InChI=1S/C12H14N2O2S2/c1-3-16-11(15)7-14-9-5-4-8(17-2)6-10(9)18-12(14)13/h4-6,13H,3,7H2,1-2H3. The van der Waals surface area contributed by atoms with Gasteiger partial charge in [-0.05, 0) is 31.4 Å². The molecule has 0 aliphatic rings. The quantitative estimate of drug-likeness (QED) is 0.692. The predicted molar refractivity (Wildman–Crippen MR) is 74.1 cm³/mol. The summed E-state index contributed by atoms with van der Waals surface area (Å²) in [5.41, 5.74) is 0.913. The summed E-state index contributed by atoms with van der Waals surface area (Å²) in [5.74, 6) is -0.301. The lowest BCUT2D eigenvalue weighted by molar-refractivity contribution is -0.143. The number of thioether (sulfide) groups is 1. The lowest BCUT2D eigenvalue weighted by Crippen LogP contribution is -2.20. The molecular weight excluding hydrogens is 268 g/mol. The van der Waals surface area contributed by atoms with E-state index in [0.29, 0.717) is 11.4 Å². The number of fused-ring (bicyclic) bond motifs is 1. The van der Waals surface area contributed by atoms with Crippen LogP contribution in [-0.2, 0) is 16.1 Å². The van der Waals surface area contributed by atoms with Gasteiger partial charge < -0.3 is 9.30 Å². The minimum absolute atomic E-state index is 0.102. The Kier molecular flexibility index (Phi) is 4.08. The highest BCUT2D eigenvalue weighted by Crippen LogP contribution is 2.23. The number of nitrogens with zero attached hydrogens (tertiary/aromatic N) is 1. The van der Waals surface area contributed by atoms with E-state index in [1.165, 1.54) is 11.3 Å². The van der Waals surface area contributed by atoms with E-state index < -0.39 is 0 Å². The third-order valence-corrected chi connectivity index (χ3v) is 4.19. The van der Waals surface area contributed by atoms with E-state index in [1.54, 1.807) is 23.3 Å². The minimum Gasteiger partial charge on any atom is -0.465 e. The highest BCUT2D eigenvalue weighted by atomic mass is 32.2. The Balaban J connectivity index is 2.41. The van der Waals surface area contributed by atoms with E-state index in [0.717, 1.165) is 15.1 Å². The Bertz CT molecular complexity index is 631. The number of rotatable bonds is 4. The van der Waals surface area contributed by atoms with Crippen molar-refractivity contribution in [2.24, 2.45) is 0 Å². The second-order valence-corrected chi connectivity index (χ2v) is 5.54. The van der Waals surface area contributed by atoms with Crippen LogP contribution in [-0.4, -0.2) is 23.4 Å². The molecule has 2 rings (SSSR count). The van der Waals surface area contributed by atoms with Gasteiger partial charge >= 0.3 is 5.97 Å². The molecule has 0 amide bonds. The smallest absolute Gasteiger partial charge is 0.326 e. The van der Waals surface area contributed by atoms with Crippen molar-refractivity contribution in [2.45, 2.75) is 18.4 Å². The van der Waals surface area contributed by atoms with Gasteiger partial charge in [0.1, 0.15) is 6.54 Å². The first-order chi connectivity index (χ1) is 8.65. The van der Waals surface area contributed by atoms with Crippen LogP contribution in [0.1, 0.15) is 6.92 Å². The molecule has 6 heteroatoms. The van der Waals surface area contributed by atoms with Gasteiger partial charge in [-0.25, -0.2) is 0 Å². The van der Waals surface area contributed by atoms with Crippen LogP contribution in [0.3, 0.4) is 0 Å². The highest BCUT2D eigenvalue weighted by molar-refractivity contribution is 7.98. The summed E-state index contributed by atoms with van der Waals surface area (Å²) in [6, 6.07) is 6.00. The van der Waals surface area contributed by atoms with Gasteiger partial charge in [0.2, 0.25) is 0 Å². The molecule has 18 heavy (non-hydrogen) atoms. The average molecular weight is 282 g/mol. The SMILES string of the molecule is CCOC(=O)Cn1c(=N)sc2cc(SC)ccc21. The number of thiazole rings is 1. The fourth-order valence-corrected chi connectivity index (χ4v) is 3.15. The molecule has 96 valence electrons.